The van der Waals surface area contributed by atoms with Crippen LogP contribution in [0.3, 0.4) is 0 Å². The van der Waals surface area contributed by atoms with Crippen LogP contribution in [0, 0.1) is 5.92 Å². The summed E-state index contributed by atoms with van der Waals surface area (Å²) in [5.74, 6) is 0.569. The first-order valence-corrected chi connectivity index (χ1v) is 5.65. The maximum atomic E-state index is 11.8. The molecule has 2 fully saturated rings. The minimum absolute atomic E-state index is 0.183. The minimum atomic E-state index is 0.183. The number of ether oxygens (including phenoxy) is 1. The molecule has 0 N–H and O–H groups in total. The van der Waals surface area contributed by atoms with Gasteiger partial charge in [0, 0.05) is 18.6 Å². The molecule has 1 heterocycles. The van der Waals surface area contributed by atoms with Gasteiger partial charge in [0.15, 0.2) is 5.78 Å². The first kappa shape index (κ1) is 10.1. The van der Waals surface area contributed by atoms with E-state index >= 15 is 0 Å². The van der Waals surface area contributed by atoms with Gasteiger partial charge in [0.25, 0.3) is 0 Å². The molecule has 0 radical (unpaired) electrons. The second-order valence-corrected chi connectivity index (χ2v) is 4.32. The van der Waals surface area contributed by atoms with Crippen molar-refractivity contribution in [1.82, 2.24) is 4.90 Å². The summed E-state index contributed by atoms with van der Waals surface area (Å²) < 4.78 is 5.23. The van der Waals surface area contributed by atoms with Crippen molar-refractivity contribution in [2.75, 3.05) is 26.3 Å². The highest BCUT2D eigenvalue weighted by molar-refractivity contribution is 5.83. The number of carbonyl (C=O) groups is 1. The zero-order chi connectivity index (χ0) is 9.97. The van der Waals surface area contributed by atoms with Crippen LogP contribution >= 0.6 is 0 Å². The van der Waals surface area contributed by atoms with Gasteiger partial charge in [-0.2, -0.15) is 0 Å². The number of carbonyl (C=O) groups excluding carboxylic acids is 1. The predicted molar refractivity (Wildman–Crippen MR) is 54.2 cm³/mol. The summed E-state index contributed by atoms with van der Waals surface area (Å²) in [5.41, 5.74) is 0. The smallest absolute Gasteiger partial charge is 0.152 e. The number of likely N-dealkylation sites (N-methyl/N-ethyl adjacent to an activating group) is 1. The second kappa shape index (κ2) is 4.41. The average molecular weight is 197 g/mol. The van der Waals surface area contributed by atoms with Crippen molar-refractivity contribution in [3.63, 3.8) is 0 Å². The molecule has 0 aromatic rings. The third kappa shape index (κ3) is 2.34. The molecular formula is C11H19NO2. The Hall–Kier alpha value is -0.410. The monoisotopic (exact) mass is 197 g/mol. The molecular weight excluding hydrogens is 178 g/mol. The van der Waals surface area contributed by atoms with E-state index in [4.69, 9.17) is 4.74 Å². The highest BCUT2D eigenvalue weighted by atomic mass is 16.5. The minimum Gasteiger partial charge on any atom is -0.381 e. The number of Topliss-reactive ketones (excluding diaryl/α,β-unsaturated/α-hetero) is 1. The summed E-state index contributed by atoms with van der Waals surface area (Å²) in [6.45, 7) is 5.21. The molecule has 1 aliphatic heterocycles. The average Bonchev–Trinajstić information content (AvgIpc) is 2.88. The van der Waals surface area contributed by atoms with Crippen LogP contribution in [0.15, 0.2) is 0 Å². The molecule has 1 saturated heterocycles. The largest absolute Gasteiger partial charge is 0.381 e. The van der Waals surface area contributed by atoms with Gasteiger partial charge < -0.3 is 4.74 Å². The van der Waals surface area contributed by atoms with Gasteiger partial charge in [-0.1, -0.05) is 6.92 Å². The van der Waals surface area contributed by atoms with Crippen LogP contribution in [0.5, 0.6) is 0 Å². The molecule has 2 aliphatic rings. The van der Waals surface area contributed by atoms with E-state index in [1.807, 2.05) is 0 Å². The van der Waals surface area contributed by atoms with E-state index in [1.54, 1.807) is 0 Å². The van der Waals surface area contributed by atoms with Gasteiger partial charge >= 0.3 is 0 Å². The fourth-order valence-corrected chi connectivity index (χ4v) is 2.06. The molecule has 1 aliphatic carbocycles. The van der Waals surface area contributed by atoms with Gasteiger partial charge in [-0.25, -0.2) is 0 Å². The van der Waals surface area contributed by atoms with Gasteiger partial charge in [0.1, 0.15) is 0 Å². The lowest BCUT2D eigenvalue weighted by Crippen LogP contribution is -2.34. The SMILES string of the molecule is CCN(CC(=O)C1CCOC1)C1CC1. The quantitative estimate of drug-likeness (QED) is 0.660. The summed E-state index contributed by atoms with van der Waals surface area (Å²) in [7, 11) is 0. The summed E-state index contributed by atoms with van der Waals surface area (Å²) in [5, 5.41) is 0. The van der Waals surface area contributed by atoms with Gasteiger partial charge in [-0.3, -0.25) is 9.69 Å². The van der Waals surface area contributed by atoms with Crippen molar-refractivity contribution in [2.45, 2.75) is 32.2 Å². The molecule has 0 bridgehead atoms. The molecule has 80 valence electrons. The first-order chi connectivity index (χ1) is 6.81. The Morgan fingerprint density at radius 2 is 2.21 bits per heavy atom. The Labute approximate surface area is 85.4 Å². The molecule has 3 heteroatoms. The number of ketones is 1. The normalized spacial score (nSPS) is 27.1. The zero-order valence-corrected chi connectivity index (χ0v) is 8.87. The topological polar surface area (TPSA) is 29.5 Å². The molecule has 0 aromatic heterocycles. The third-order valence-corrected chi connectivity index (χ3v) is 3.21. The predicted octanol–water partition coefficient (Wildman–Crippen LogP) is 1.08. The number of hydrogen-bond donors (Lipinski definition) is 0. The van der Waals surface area contributed by atoms with E-state index in [-0.39, 0.29) is 5.92 Å². The van der Waals surface area contributed by atoms with Gasteiger partial charge in [0.2, 0.25) is 0 Å². The molecule has 0 amide bonds. The van der Waals surface area contributed by atoms with Crippen LogP contribution in [0.4, 0.5) is 0 Å². The maximum absolute atomic E-state index is 11.8. The molecule has 1 saturated carbocycles. The standard InChI is InChI=1S/C11H19NO2/c1-2-12(10-3-4-10)7-11(13)9-5-6-14-8-9/h9-10H,2-8H2,1H3. The van der Waals surface area contributed by atoms with Crippen LogP contribution in [0.2, 0.25) is 0 Å². The van der Waals surface area contributed by atoms with Crippen LogP contribution in [0.1, 0.15) is 26.2 Å². The number of nitrogens with zero attached hydrogens (tertiary/aromatic N) is 1. The fraction of sp³-hybridized carbons (Fsp3) is 0.909. The fourth-order valence-electron chi connectivity index (χ4n) is 2.06. The van der Waals surface area contributed by atoms with Crippen molar-refractivity contribution >= 4 is 5.78 Å². The van der Waals surface area contributed by atoms with E-state index in [1.165, 1.54) is 12.8 Å². The van der Waals surface area contributed by atoms with Crippen molar-refractivity contribution in [1.29, 1.82) is 0 Å². The third-order valence-electron chi connectivity index (χ3n) is 3.21. The highest BCUT2D eigenvalue weighted by Crippen LogP contribution is 2.27. The first-order valence-electron chi connectivity index (χ1n) is 5.65. The highest BCUT2D eigenvalue weighted by Gasteiger charge is 2.31. The summed E-state index contributed by atoms with van der Waals surface area (Å²) in [6, 6.07) is 0.700. The van der Waals surface area contributed by atoms with Crippen LogP contribution in [-0.4, -0.2) is 43.0 Å². The van der Waals surface area contributed by atoms with E-state index in [0.717, 1.165) is 19.6 Å². The lowest BCUT2D eigenvalue weighted by Gasteiger charge is -2.20. The Morgan fingerprint density at radius 1 is 1.43 bits per heavy atom. The second-order valence-electron chi connectivity index (χ2n) is 4.32. The zero-order valence-electron chi connectivity index (χ0n) is 8.87. The van der Waals surface area contributed by atoms with E-state index < -0.39 is 0 Å². The van der Waals surface area contributed by atoms with Crippen LogP contribution in [-0.2, 0) is 9.53 Å². The van der Waals surface area contributed by atoms with Crippen molar-refractivity contribution in [3.05, 3.63) is 0 Å². The molecule has 0 spiro atoms. The van der Waals surface area contributed by atoms with Gasteiger partial charge in [-0.05, 0) is 25.8 Å². The van der Waals surface area contributed by atoms with E-state index in [2.05, 4.69) is 11.8 Å². The summed E-state index contributed by atoms with van der Waals surface area (Å²) >= 11 is 0. The van der Waals surface area contributed by atoms with Crippen LogP contribution < -0.4 is 0 Å². The molecule has 2 rings (SSSR count). The molecule has 1 unspecified atom stereocenters. The van der Waals surface area contributed by atoms with Crippen molar-refractivity contribution in [3.8, 4) is 0 Å². The van der Waals surface area contributed by atoms with Crippen molar-refractivity contribution < 1.29 is 9.53 Å². The van der Waals surface area contributed by atoms with Crippen LogP contribution in [0.25, 0.3) is 0 Å². The van der Waals surface area contributed by atoms with Crippen molar-refractivity contribution in [2.24, 2.45) is 5.92 Å². The molecule has 0 aromatic carbocycles. The van der Waals surface area contributed by atoms with Gasteiger partial charge in [-0.15, -0.1) is 0 Å². The summed E-state index contributed by atoms with van der Waals surface area (Å²) in [4.78, 5) is 14.1. The lowest BCUT2D eigenvalue weighted by molar-refractivity contribution is -0.124. The Morgan fingerprint density at radius 3 is 2.71 bits per heavy atom. The molecule has 1 atom stereocenters. The Bertz CT molecular complexity index is 207. The maximum Gasteiger partial charge on any atom is 0.152 e. The molecule has 3 nitrogen and oxygen atoms in total. The number of rotatable bonds is 5. The van der Waals surface area contributed by atoms with Gasteiger partial charge in [0.05, 0.1) is 13.2 Å². The molecule has 14 heavy (non-hydrogen) atoms. The lowest BCUT2D eigenvalue weighted by atomic mass is 10.0. The Balaban J connectivity index is 1.79. The number of hydrogen-bond acceptors (Lipinski definition) is 3. The van der Waals surface area contributed by atoms with E-state index in [9.17, 15) is 4.79 Å². The summed E-state index contributed by atoms with van der Waals surface area (Å²) in [6.07, 6.45) is 3.49. The Kier molecular flexibility index (Phi) is 3.19. The van der Waals surface area contributed by atoms with E-state index in [0.29, 0.717) is 25.0 Å².